The van der Waals surface area contributed by atoms with Gasteiger partial charge in [0.05, 0.1) is 6.61 Å². The van der Waals surface area contributed by atoms with Crippen LogP contribution in [-0.2, 0) is 0 Å². The van der Waals surface area contributed by atoms with Gasteiger partial charge in [-0.25, -0.2) is 0 Å². The summed E-state index contributed by atoms with van der Waals surface area (Å²) < 4.78 is 1.04. The molecule has 1 aliphatic rings. The maximum atomic E-state index is 9.49. The first-order valence-corrected chi connectivity index (χ1v) is 7.26. The molecule has 16 heavy (non-hydrogen) atoms. The number of hydrogen-bond donors (Lipinski definition) is 2. The average molecular weight is 259 g/mol. The summed E-state index contributed by atoms with van der Waals surface area (Å²) in [6, 6.07) is 0. The molecule has 0 bridgehead atoms. The molecule has 0 aromatic carbocycles. The van der Waals surface area contributed by atoms with Gasteiger partial charge in [-0.2, -0.15) is 0 Å². The Morgan fingerprint density at radius 3 is 3.25 bits per heavy atom. The highest BCUT2D eigenvalue weighted by Crippen LogP contribution is 2.38. The minimum atomic E-state index is -0.0827. The Kier molecular flexibility index (Phi) is 4.18. The summed E-state index contributed by atoms with van der Waals surface area (Å²) in [5.41, 5.74) is 1.68. The van der Waals surface area contributed by atoms with Crippen LogP contribution in [0.3, 0.4) is 0 Å². The predicted molar refractivity (Wildman–Crippen MR) is 66.9 cm³/mol. The van der Waals surface area contributed by atoms with E-state index in [4.69, 9.17) is 0 Å². The van der Waals surface area contributed by atoms with Crippen LogP contribution in [0.1, 0.15) is 25.7 Å². The summed E-state index contributed by atoms with van der Waals surface area (Å²) >= 11 is 3.39. The van der Waals surface area contributed by atoms with E-state index in [2.05, 4.69) is 15.5 Å². The van der Waals surface area contributed by atoms with Crippen molar-refractivity contribution in [3.05, 3.63) is 5.51 Å². The fourth-order valence-electron chi connectivity index (χ4n) is 2.22. The van der Waals surface area contributed by atoms with Gasteiger partial charge in [-0.15, -0.1) is 10.2 Å². The van der Waals surface area contributed by atoms with Gasteiger partial charge in [-0.3, -0.25) is 0 Å². The Morgan fingerprint density at radius 2 is 2.62 bits per heavy atom. The normalized spacial score (nSPS) is 30.5. The Morgan fingerprint density at radius 1 is 1.75 bits per heavy atom. The lowest BCUT2D eigenvalue weighted by molar-refractivity contribution is 0.131. The third-order valence-corrected chi connectivity index (χ3v) is 5.32. The van der Waals surface area contributed by atoms with Gasteiger partial charge >= 0.3 is 0 Å². The highest BCUT2D eigenvalue weighted by atomic mass is 32.2. The third-order valence-electron chi connectivity index (χ3n) is 3.24. The minimum absolute atomic E-state index is 0.0827. The summed E-state index contributed by atoms with van der Waals surface area (Å²) in [6.45, 7) is 0.219. The van der Waals surface area contributed by atoms with Gasteiger partial charge in [0.25, 0.3) is 0 Å². The zero-order chi connectivity index (χ0) is 11.4. The van der Waals surface area contributed by atoms with E-state index >= 15 is 0 Å². The molecule has 0 amide bonds. The molecule has 4 nitrogen and oxygen atoms in total. The first-order chi connectivity index (χ1) is 7.78. The Bertz CT molecular complexity index is 314. The van der Waals surface area contributed by atoms with Gasteiger partial charge in [-0.05, 0) is 26.3 Å². The predicted octanol–water partition coefficient (Wildman–Crippen LogP) is 1.52. The van der Waals surface area contributed by atoms with Gasteiger partial charge in [0.15, 0.2) is 4.34 Å². The fraction of sp³-hybridized carbons (Fsp3) is 0.800. The van der Waals surface area contributed by atoms with E-state index in [-0.39, 0.29) is 12.1 Å². The van der Waals surface area contributed by atoms with Crippen LogP contribution in [-0.4, -0.2) is 39.7 Å². The second-order valence-electron chi connectivity index (χ2n) is 4.23. The van der Waals surface area contributed by atoms with Crippen molar-refractivity contribution in [3.8, 4) is 0 Å². The standard InChI is InChI=1S/C10H17N3OS2/c1-11-10(6-14)4-2-3-8(5-10)16-9-13-12-7-15-9/h7-8,11,14H,2-6H2,1H3. The molecule has 0 aliphatic heterocycles. The van der Waals surface area contributed by atoms with Crippen molar-refractivity contribution >= 4 is 23.1 Å². The number of aliphatic hydroxyl groups is 1. The number of rotatable bonds is 4. The lowest BCUT2D eigenvalue weighted by Gasteiger charge is -2.39. The molecule has 1 aliphatic carbocycles. The van der Waals surface area contributed by atoms with E-state index < -0.39 is 0 Å². The van der Waals surface area contributed by atoms with Crippen molar-refractivity contribution in [1.82, 2.24) is 15.5 Å². The van der Waals surface area contributed by atoms with Crippen molar-refractivity contribution in [2.75, 3.05) is 13.7 Å². The molecule has 2 N–H and O–H groups in total. The number of likely N-dealkylation sites (N-methyl/N-ethyl adjacent to an activating group) is 1. The maximum absolute atomic E-state index is 9.49. The van der Waals surface area contributed by atoms with Crippen molar-refractivity contribution in [1.29, 1.82) is 0 Å². The Hall–Kier alpha value is -0.170. The number of thioether (sulfide) groups is 1. The number of aliphatic hydroxyl groups excluding tert-OH is 1. The highest BCUT2D eigenvalue weighted by Gasteiger charge is 2.35. The molecule has 0 spiro atoms. The zero-order valence-corrected chi connectivity index (χ0v) is 11.0. The summed E-state index contributed by atoms with van der Waals surface area (Å²) in [7, 11) is 1.94. The van der Waals surface area contributed by atoms with Crippen LogP contribution in [0, 0.1) is 0 Å². The molecular formula is C10H17N3OS2. The van der Waals surface area contributed by atoms with Crippen molar-refractivity contribution in [3.63, 3.8) is 0 Å². The van der Waals surface area contributed by atoms with E-state index in [1.54, 1.807) is 28.6 Å². The second-order valence-corrected chi connectivity index (χ2v) is 6.61. The quantitative estimate of drug-likeness (QED) is 0.858. The lowest BCUT2D eigenvalue weighted by Crippen LogP contribution is -2.50. The summed E-state index contributed by atoms with van der Waals surface area (Å²) in [4.78, 5) is 0. The van der Waals surface area contributed by atoms with Crippen molar-refractivity contribution < 1.29 is 5.11 Å². The largest absolute Gasteiger partial charge is 0.394 e. The van der Waals surface area contributed by atoms with Crippen LogP contribution in [0.2, 0.25) is 0 Å². The SMILES string of the molecule is CNC1(CO)CCCC(Sc2nncs2)C1. The van der Waals surface area contributed by atoms with Crippen LogP contribution in [0.5, 0.6) is 0 Å². The lowest BCUT2D eigenvalue weighted by atomic mass is 9.82. The van der Waals surface area contributed by atoms with Gasteiger partial charge in [-0.1, -0.05) is 29.5 Å². The molecule has 90 valence electrons. The van der Waals surface area contributed by atoms with Crippen LogP contribution < -0.4 is 5.32 Å². The third kappa shape index (κ3) is 2.74. The molecule has 1 aromatic rings. The topological polar surface area (TPSA) is 58.0 Å². The van der Waals surface area contributed by atoms with Crippen LogP contribution in [0.15, 0.2) is 9.85 Å². The van der Waals surface area contributed by atoms with E-state index in [1.165, 1.54) is 6.42 Å². The molecule has 0 saturated heterocycles. The van der Waals surface area contributed by atoms with E-state index in [0.29, 0.717) is 5.25 Å². The van der Waals surface area contributed by atoms with Crippen LogP contribution >= 0.6 is 23.1 Å². The van der Waals surface area contributed by atoms with Crippen LogP contribution in [0.25, 0.3) is 0 Å². The Balaban J connectivity index is 1.96. The molecule has 2 rings (SSSR count). The molecule has 1 fully saturated rings. The highest BCUT2D eigenvalue weighted by molar-refractivity contribution is 8.01. The molecule has 2 atom stereocenters. The molecule has 1 saturated carbocycles. The molecular weight excluding hydrogens is 242 g/mol. The van der Waals surface area contributed by atoms with E-state index in [9.17, 15) is 5.11 Å². The number of nitrogens with one attached hydrogen (secondary N) is 1. The van der Waals surface area contributed by atoms with E-state index in [1.807, 2.05) is 7.05 Å². The summed E-state index contributed by atoms with van der Waals surface area (Å²) in [6.07, 6.45) is 4.43. The monoisotopic (exact) mass is 259 g/mol. The van der Waals surface area contributed by atoms with Gasteiger partial charge < -0.3 is 10.4 Å². The number of hydrogen-bond acceptors (Lipinski definition) is 6. The number of aromatic nitrogens is 2. The first-order valence-electron chi connectivity index (χ1n) is 5.50. The summed E-state index contributed by atoms with van der Waals surface area (Å²) in [5, 5.41) is 21.2. The molecule has 2 unspecified atom stereocenters. The fourth-order valence-corrected chi connectivity index (χ4v) is 4.32. The van der Waals surface area contributed by atoms with Crippen molar-refractivity contribution in [2.24, 2.45) is 0 Å². The van der Waals surface area contributed by atoms with Crippen molar-refractivity contribution in [2.45, 2.75) is 40.8 Å². The van der Waals surface area contributed by atoms with Gasteiger partial charge in [0.2, 0.25) is 0 Å². The zero-order valence-electron chi connectivity index (χ0n) is 9.35. The maximum Gasteiger partial charge on any atom is 0.174 e. The molecule has 1 aromatic heterocycles. The van der Waals surface area contributed by atoms with Gasteiger partial charge in [0.1, 0.15) is 5.51 Å². The Labute approximate surface area is 104 Å². The average Bonchev–Trinajstić information content (AvgIpc) is 2.82. The second kappa shape index (κ2) is 5.44. The minimum Gasteiger partial charge on any atom is -0.394 e. The van der Waals surface area contributed by atoms with Gasteiger partial charge in [0, 0.05) is 10.8 Å². The summed E-state index contributed by atoms with van der Waals surface area (Å²) in [5.74, 6) is 0. The first kappa shape index (κ1) is 12.3. The van der Waals surface area contributed by atoms with E-state index in [0.717, 1.165) is 23.6 Å². The molecule has 0 radical (unpaired) electrons. The molecule has 6 heteroatoms. The van der Waals surface area contributed by atoms with Crippen LogP contribution in [0.4, 0.5) is 0 Å². The molecule has 1 heterocycles. The number of nitrogens with zero attached hydrogens (tertiary/aromatic N) is 2. The smallest absolute Gasteiger partial charge is 0.174 e.